The molecule has 0 atom stereocenters. The first-order chi connectivity index (χ1) is 11.0. The lowest BCUT2D eigenvalue weighted by atomic mass is 10.1. The molecule has 0 aliphatic heterocycles. The van der Waals surface area contributed by atoms with Gasteiger partial charge in [-0.15, -0.1) is 0 Å². The van der Waals surface area contributed by atoms with Gasteiger partial charge >= 0.3 is 0 Å². The van der Waals surface area contributed by atoms with Crippen molar-refractivity contribution in [1.82, 2.24) is 20.3 Å². The van der Waals surface area contributed by atoms with Crippen LogP contribution in [0.5, 0.6) is 0 Å². The first-order valence-electron chi connectivity index (χ1n) is 7.45. The van der Waals surface area contributed by atoms with Crippen molar-refractivity contribution in [3.63, 3.8) is 0 Å². The molecule has 0 aromatic carbocycles. The van der Waals surface area contributed by atoms with E-state index in [1.165, 1.54) is 0 Å². The van der Waals surface area contributed by atoms with Crippen molar-refractivity contribution in [1.29, 1.82) is 0 Å². The normalized spacial score (nSPS) is 10.4. The van der Waals surface area contributed by atoms with Crippen LogP contribution >= 0.6 is 0 Å². The second-order valence-corrected chi connectivity index (χ2v) is 5.36. The van der Waals surface area contributed by atoms with E-state index < -0.39 is 0 Å². The number of nitrogens with one attached hydrogen (secondary N) is 3. The number of carbonyl (C=O) groups is 1. The zero-order valence-electron chi connectivity index (χ0n) is 13.6. The van der Waals surface area contributed by atoms with Gasteiger partial charge in [-0.2, -0.15) is 0 Å². The number of amides is 1. The van der Waals surface area contributed by atoms with Crippen LogP contribution < -0.4 is 16.2 Å². The van der Waals surface area contributed by atoms with Crippen molar-refractivity contribution in [3.8, 4) is 0 Å². The zero-order valence-corrected chi connectivity index (χ0v) is 13.6. The van der Waals surface area contributed by atoms with Gasteiger partial charge in [-0.1, -0.05) is 0 Å². The summed E-state index contributed by atoms with van der Waals surface area (Å²) in [6.07, 6.45) is 3.52. The van der Waals surface area contributed by atoms with Gasteiger partial charge < -0.3 is 15.6 Å². The first-order valence-corrected chi connectivity index (χ1v) is 7.45. The maximum atomic E-state index is 12.0. The molecule has 0 saturated carbocycles. The van der Waals surface area contributed by atoms with E-state index in [-0.39, 0.29) is 17.9 Å². The molecule has 0 fully saturated rings. The van der Waals surface area contributed by atoms with Crippen LogP contribution in [0.1, 0.15) is 22.6 Å². The van der Waals surface area contributed by atoms with Crippen molar-refractivity contribution in [2.24, 2.45) is 0 Å². The Labute approximate surface area is 134 Å². The molecule has 3 N–H and O–H groups in total. The average molecular weight is 315 g/mol. The van der Waals surface area contributed by atoms with Crippen molar-refractivity contribution in [2.45, 2.75) is 27.2 Å². The third kappa shape index (κ3) is 4.64. The standard InChI is InChI=1S/C16H21N5O2/c1-10-9-17-5-4-14(10)18-6-7-19-15(22)8-13-11(2)20-12(3)21-16(13)23/h4-5,9H,6-8H2,1-3H3,(H,17,18)(H,19,22)(H,20,21,23). The van der Waals surface area contributed by atoms with Gasteiger partial charge in [0.15, 0.2) is 0 Å². The third-order valence-electron chi connectivity index (χ3n) is 3.46. The molecule has 23 heavy (non-hydrogen) atoms. The van der Waals surface area contributed by atoms with Crippen LogP contribution in [0.15, 0.2) is 23.3 Å². The second kappa shape index (κ2) is 7.53. The minimum atomic E-state index is -0.254. The van der Waals surface area contributed by atoms with E-state index in [2.05, 4.69) is 25.6 Å². The molecule has 0 aliphatic rings. The summed E-state index contributed by atoms with van der Waals surface area (Å²) in [5.74, 6) is 0.353. The van der Waals surface area contributed by atoms with Crippen molar-refractivity contribution >= 4 is 11.6 Å². The molecule has 122 valence electrons. The molecule has 2 aromatic heterocycles. The summed E-state index contributed by atoms with van der Waals surface area (Å²) < 4.78 is 0. The van der Waals surface area contributed by atoms with Gasteiger partial charge in [0.2, 0.25) is 5.91 Å². The van der Waals surface area contributed by atoms with E-state index in [0.717, 1.165) is 11.3 Å². The number of anilines is 1. The van der Waals surface area contributed by atoms with Gasteiger partial charge in [0, 0.05) is 42.4 Å². The van der Waals surface area contributed by atoms with Gasteiger partial charge in [-0.3, -0.25) is 14.6 Å². The largest absolute Gasteiger partial charge is 0.383 e. The van der Waals surface area contributed by atoms with Crippen LogP contribution in [0.4, 0.5) is 5.69 Å². The van der Waals surface area contributed by atoms with E-state index in [9.17, 15) is 9.59 Å². The van der Waals surface area contributed by atoms with Crippen molar-refractivity contribution in [2.75, 3.05) is 18.4 Å². The number of nitrogens with zero attached hydrogens (tertiary/aromatic N) is 2. The minimum absolute atomic E-state index is 0.0305. The molecule has 0 spiro atoms. The summed E-state index contributed by atoms with van der Waals surface area (Å²) in [5, 5.41) is 6.02. The summed E-state index contributed by atoms with van der Waals surface area (Å²) in [5.41, 5.74) is 2.78. The molecule has 7 heteroatoms. The van der Waals surface area contributed by atoms with E-state index in [1.54, 1.807) is 26.2 Å². The van der Waals surface area contributed by atoms with Crippen LogP contribution in [-0.2, 0) is 11.2 Å². The van der Waals surface area contributed by atoms with E-state index >= 15 is 0 Å². The van der Waals surface area contributed by atoms with Gasteiger partial charge in [-0.05, 0) is 32.4 Å². The highest BCUT2D eigenvalue weighted by molar-refractivity contribution is 5.78. The molecule has 0 radical (unpaired) electrons. The highest BCUT2D eigenvalue weighted by atomic mass is 16.2. The van der Waals surface area contributed by atoms with Crippen LogP contribution in [0.3, 0.4) is 0 Å². The Morgan fingerprint density at radius 2 is 2.04 bits per heavy atom. The molecule has 0 saturated heterocycles. The lowest BCUT2D eigenvalue weighted by molar-refractivity contribution is -0.120. The maximum absolute atomic E-state index is 12.0. The first kappa shape index (κ1) is 16.7. The summed E-state index contributed by atoms with van der Waals surface area (Å²) in [6.45, 7) is 6.48. The molecule has 1 amide bonds. The average Bonchev–Trinajstić information content (AvgIpc) is 2.49. The van der Waals surface area contributed by atoms with Crippen LogP contribution in [0.2, 0.25) is 0 Å². The Hall–Kier alpha value is -2.70. The zero-order chi connectivity index (χ0) is 16.8. The Morgan fingerprint density at radius 3 is 2.74 bits per heavy atom. The van der Waals surface area contributed by atoms with Gasteiger partial charge in [0.25, 0.3) is 5.56 Å². The topological polar surface area (TPSA) is 99.8 Å². The number of pyridine rings is 1. The van der Waals surface area contributed by atoms with Crippen LogP contribution in [0, 0.1) is 20.8 Å². The number of hydrogen-bond acceptors (Lipinski definition) is 5. The Kier molecular flexibility index (Phi) is 5.46. The number of H-pyrrole nitrogens is 1. The Balaban J connectivity index is 1.82. The lowest BCUT2D eigenvalue weighted by Gasteiger charge is -2.10. The molecule has 2 aromatic rings. The molecule has 2 heterocycles. The number of rotatable bonds is 6. The molecule has 0 aliphatic carbocycles. The maximum Gasteiger partial charge on any atom is 0.254 e. The van der Waals surface area contributed by atoms with Gasteiger partial charge in [0.05, 0.1) is 6.42 Å². The molecule has 0 bridgehead atoms. The molecular weight excluding hydrogens is 294 g/mol. The number of aromatic nitrogens is 3. The summed E-state index contributed by atoms with van der Waals surface area (Å²) >= 11 is 0. The third-order valence-corrected chi connectivity index (χ3v) is 3.46. The summed E-state index contributed by atoms with van der Waals surface area (Å²) in [4.78, 5) is 34.6. The number of carbonyl (C=O) groups excluding carboxylic acids is 1. The Morgan fingerprint density at radius 1 is 1.26 bits per heavy atom. The second-order valence-electron chi connectivity index (χ2n) is 5.36. The van der Waals surface area contributed by atoms with E-state index in [4.69, 9.17) is 0 Å². The fourth-order valence-corrected chi connectivity index (χ4v) is 2.25. The van der Waals surface area contributed by atoms with Crippen LogP contribution in [-0.4, -0.2) is 33.9 Å². The highest BCUT2D eigenvalue weighted by Crippen LogP contribution is 2.10. The van der Waals surface area contributed by atoms with E-state index in [0.29, 0.717) is 30.2 Å². The molecule has 2 rings (SSSR count). The highest BCUT2D eigenvalue weighted by Gasteiger charge is 2.11. The van der Waals surface area contributed by atoms with Crippen molar-refractivity contribution < 1.29 is 4.79 Å². The number of aromatic amines is 1. The van der Waals surface area contributed by atoms with Crippen LogP contribution in [0.25, 0.3) is 0 Å². The Bertz CT molecular complexity index is 754. The van der Waals surface area contributed by atoms with Gasteiger partial charge in [-0.25, -0.2) is 4.98 Å². The van der Waals surface area contributed by atoms with Crippen molar-refractivity contribution in [3.05, 3.63) is 51.5 Å². The number of aryl methyl sites for hydroxylation is 3. The summed E-state index contributed by atoms with van der Waals surface area (Å²) in [7, 11) is 0. The van der Waals surface area contributed by atoms with Gasteiger partial charge in [0.1, 0.15) is 5.82 Å². The smallest absolute Gasteiger partial charge is 0.254 e. The molecule has 0 unspecified atom stereocenters. The van der Waals surface area contributed by atoms with E-state index in [1.807, 2.05) is 13.0 Å². The fourth-order valence-electron chi connectivity index (χ4n) is 2.25. The summed E-state index contributed by atoms with van der Waals surface area (Å²) in [6, 6.07) is 1.89. The quantitative estimate of drug-likeness (QED) is 0.687. The predicted octanol–water partition coefficient (Wildman–Crippen LogP) is 0.861. The molecular formula is C16H21N5O2. The predicted molar refractivity (Wildman–Crippen MR) is 88.5 cm³/mol. The lowest BCUT2D eigenvalue weighted by Crippen LogP contribution is -2.32. The molecule has 7 nitrogen and oxygen atoms in total. The SMILES string of the molecule is Cc1nc(C)c(CC(=O)NCCNc2ccncc2C)c(=O)[nH]1. The monoisotopic (exact) mass is 315 g/mol. The fraction of sp³-hybridized carbons (Fsp3) is 0.375. The number of hydrogen-bond donors (Lipinski definition) is 3. The minimum Gasteiger partial charge on any atom is -0.383 e.